The molecule has 0 aliphatic rings. The Hall–Kier alpha value is -1.59. The minimum atomic E-state index is -0.129. The van der Waals surface area contributed by atoms with Crippen LogP contribution in [0.4, 0.5) is 0 Å². The van der Waals surface area contributed by atoms with Gasteiger partial charge in [-0.2, -0.15) is 11.8 Å². The van der Waals surface area contributed by atoms with E-state index in [1.165, 1.54) is 0 Å². The Bertz CT molecular complexity index is 599. The van der Waals surface area contributed by atoms with Crippen molar-refractivity contribution in [3.8, 4) is 0 Å². The lowest BCUT2D eigenvalue weighted by atomic mass is 10.1. The van der Waals surface area contributed by atoms with Gasteiger partial charge in [0.2, 0.25) is 0 Å². The predicted octanol–water partition coefficient (Wildman–Crippen LogP) is 2.08. The molecular formula is C15H18N2O2S. The Morgan fingerprint density at radius 1 is 1.45 bits per heavy atom. The number of hydrogen-bond donors (Lipinski definition) is 2. The van der Waals surface area contributed by atoms with E-state index < -0.39 is 0 Å². The molecule has 4 nitrogen and oxygen atoms in total. The van der Waals surface area contributed by atoms with Gasteiger partial charge in [0.1, 0.15) is 0 Å². The van der Waals surface area contributed by atoms with Gasteiger partial charge in [0.15, 0.2) is 0 Å². The van der Waals surface area contributed by atoms with Crippen LogP contribution in [-0.2, 0) is 0 Å². The van der Waals surface area contributed by atoms with Crippen LogP contribution in [0.1, 0.15) is 17.3 Å². The number of aliphatic hydroxyl groups is 1. The molecule has 0 saturated heterocycles. The third-order valence-corrected chi connectivity index (χ3v) is 4.43. The highest BCUT2D eigenvalue weighted by atomic mass is 32.2. The molecule has 2 atom stereocenters. The maximum Gasteiger partial charge on any atom is 0.251 e. The van der Waals surface area contributed by atoms with Gasteiger partial charge in [-0.15, -0.1) is 0 Å². The summed E-state index contributed by atoms with van der Waals surface area (Å²) >= 11 is 1.54. The van der Waals surface area contributed by atoms with E-state index in [4.69, 9.17) is 0 Å². The molecule has 1 aromatic heterocycles. The second-order valence-corrected chi connectivity index (χ2v) is 5.71. The van der Waals surface area contributed by atoms with Crippen LogP contribution >= 0.6 is 11.8 Å². The zero-order chi connectivity index (χ0) is 14.5. The van der Waals surface area contributed by atoms with E-state index in [2.05, 4.69) is 10.3 Å². The van der Waals surface area contributed by atoms with E-state index in [0.717, 1.165) is 10.9 Å². The van der Waals surface area contributed by atoms with Gasteiger partial charge in [0, 0.05) is 28.4 Å². The molecule has 0 fully saturated rings. The van der Waals surface area contributed by atoms with Gasteiger partial charge in [-0.1, -0.05) is 6.07 Å². The van der Waals surface area contributed by atoms with Crippen molar-refractivity contribution in [3.63, 3.8) is 0 Å². The van der Waals surface area contributed by atoms with Crippen molar-refractivity contribution < 1.29 is 9.90 Å². The van der Waals surface area contributed by atoms with Crippen LogP contribution < -0.4 is 5.32 Å². The monoisotopic (exact) mass is 290 g/mol. The maximum absolute atomic E-state index is 12.2. The molecule has 5 heteroatoms. The number of aliphatic hydroxyl groups excluding tert-OH is 1. The molecule has 20 heavy (non-hydrogen) atoms. The lowest BCUT2D eigenvalue weighted by molar-refractivity contribution is 0.0936. The predicted molar refractivity (Wildman–Crippen MR) is 83.1 cm³/mol. The average molecular weight is 290 g/mol. The zero-order valence-corrected chi connectivity index (χ0v) is 12.4. The highest BCUT2D eigenvalue weighted by Crippen LogP contribution is 2.15. The summed E-state index contributed by atoms with van der Waals surface area (Å²) in [5.41, 5.74) is 1.48. The lowest BCUT2D eigenvalue weighted by Gasteiger charge is -2.21. The topological polar surface area (TPSA) is 62.2 Å². The second-order valence-electron chi connectivity index (χ2n) is 4.63. The Labute approximate surface area is 122 Å². The fraction of sp³-hybridized carbons (Fsp3) is 0.333. The number of amides is 1. The van der Waals surface area contributed by atoms with Crippen LogP contribution in [0.25, 0.3) is 10.9 Å². The molecule has 2 aromatic rings. The van der Waals surface area contributed by atoms with Gasteiger partial charge in [-0.05, 0) is 37.4 Å². The first kappa shape index (κ1) is 14.8. The summed E-state index contributed by atoms with van der Waals surface area (Å²) in [6, 6.07) is 9.13. The van der Waals surface area contributed by atoms with Gasteiger partial charge in [0.05, 0.1) is 12.1 Å². The SMILES string of the molecule is CSC(CO)C(C)NC(=O)c1ccc2ncccc2c1. The normalized spacial score (nSPS) is 13.9. The van der Waals surface area contributed by atoms with E-state index in [9.17, 15) is 9.90 Å². The fourth-order valence-electron chi connectivity index (χ4n) is 2.04. The number of carbonyl (C=O) groups is 1. The molecule has 0 aliphatic heterocycles. The number of pyridine rings is 1. The molecule has 1 amide bonds. The second kappa shape index (κ2) is 6.72. The minimum Gasteiger partial charge on any atom is -0.395 e. The molecule has 1 aromatic carbocycles. The molecule has 2 N–H and O–H groups in total. The number of carbonyl (C=O) groups excluding carboxylic acids is 1. The van der Waals surface area contributed by atoms with E-state index in [0.29, 0.717) is 5.56 Å². The van der Waals surface area contributed by atoms with Gasteiger partial charge >= 0.3 is 0 Å². The number of thioether (sulfide) groups is 1. The number of nitrogens with one attached hydrogen (secondary N) is 1. The number of fused-ring (bicyclic) bond motifs is 1. The Morgan fingerprint density at radius 2 is 2.25 bits per heavy atom. The van der Waals surface area contributed by atoms with Gasteiger partial charge < -0.3 is 10.4 Å². The highest BCUT2D eigenvalue weighted by Gasteiger charge is 2.18. The third kappa shape index (κ3) is 3.29. The molecule has 2 unspecified atom stereocenters. The summed E-state index contributed by atoms with van der Waals surface area (Å²) in [5.74, 6) is -0.129. The van der Waals surface area contributed by atoms with Crippen molar-refractivity contribution in [2.75, 3.05) is 12.9 Å². The number of nitrogens with zero attached hydrogens (tertiary/aromatic N) is 1. The number of hydrogen-bond acceptors (Lipinski definition) is 4. The summed E-state index contributed by atoms with van der Waals surface area (Å²) in [6.45, 7) is 1.95. The fourth-order valence-corrected chi connectivity index (χ4v) is 2.66. The molecule has 106 valence electrons. The van der Waals surface area contributed by atoms with E-state index >= 15 is 0 Å². The Kier molecular flexibility index (Phi) is 4.98. The maximum atomic E-state index is 12.2. The van der Waals surface area contributed by atoms with Crippen LogP contribution in [0.2, 0.25) is 0 Å². The van der Waals surface area contributed by atoms with Crippen LogP contribution in [0.5, 0.6) is 0 Å². The van der Waals surface area contributed by atoms with Crippen molar-refractivity contribution in [1.82, 2.24) is 10.3 Å². The van der Waals surface area contributed by atoms with Gasteiger partial charge in [-0.25, -0.2) is 0 Å². The van der Waals surface area contributed by atoms with Crippen LogP contribution in [0.3, 0.4) is 0 Å². The molecular weight excluding hydrogens is 272 g/mol. The average Bonchev–Trinajstić information content (AvgIpc) is 2.48. The minimum absolute atomic E-state index is 0.000994. The van der Waals surface area contributed by atoms with Gasteiger partial charge in [0.25, 0.3) is 5.91 Å². The van der Waals surface area contributed by atoms with E-state index in [-0.39, 0.29) is 23.8 Å². The van der Waals surface area contributed by atoms with Crippen molar-refractivity contribution in [2.24, 2.45) is 0 Å². The standard InChI is InChI=1S/C15H18N2O2S/c1-10(14(9-18)20-2)17-15(19)12-5-6-13-11(8-12)4-3-7-16-13/h3-8,10,14,18H,9H2,1-2H3,(H,17,19). The third-order valence-electron chi connectivity index (χ3n) is 3.26. The van der Waals surface area contributed by atoms with Crippen molar-refractivity contribution in [1.29, 1.82) is 0 Å². The number of benzene rings is 1. The summed E-state index contributed by atoms with van der Waals surface area (Å²) in [5, 5.41) is 13.1. The molecule has 2 rings (SSSR count). The van der Waals surface area contributed by atoms with Crippen LogP contribution in [0.15, 0.2) is 36.5 Å². The zero-order valence-electron chi connectivity index (χ0n) is 11.5. The summed E-state index contributed by atoms with van der Waals surface area (Å²) in [7, 11) is 0. The molecule has 0 radical (unpaired) electrons. The Morgan fingerprint density at radius 3 is 2.95 bits per heavy atom. The van der Waals surface area contributed by atoms with Crippen LogP contribution in [-0.4, -0.2) is 40.2 Å². The number of aromatic nitrogens is 1. The van der Waals surface area contributed by atoms with Crippen molar-refractivity contribution >= 4 is 28.6 Å². The Balaban J connectivity index is 2.15. The molecule has 0 aliphatic carbocycles. The molecule has 0 spiro atoms. The smallest absolute Gasteiger partial charge is 0.251 e. The molecule has 0 bridgehead atoms. The first-order valence-corrected chi connectivity index (χ1v) is 7.73. The first-order chi connectivity index (χ1) is 9.65. The van der Waals surface area contributed by atoms with Crippen LogP contribution in [0, 0.1) is 0 Å². The highest BCUT2D eigenvalue weighted by molar-refractivity contribution is 7.99. The largest absolute Gasteiger partial charge is 0.395 e. The molecule has 0 saturated carbocycles. The lowest BCUT2D eigenvalue weighted by Crippen LogP contribution is -2.41. The van der Waals surface area contributed by atoms with Crippen molar-refractivity contribution in [3.05, 3.63) is 42.1 Å². The van der Waals surface area contributed by atoms with E-state index in [1.54, 1.807) is 24.0 Å². The summed E-state index contributed by atoms with van der Waals surface area (Å²) < 4.78 is 0. The number of rotatable bonds is 5. The van der Waals surface area contributed by atoms with Crippen molar-refractivity contribution in [2.45, 2.75) is 18.2 Å². The summed E-state index contributed by atoms with van der Waals surface area (Å²) in [4.78, 5) is 16.4. The summed E-state index contributed by atoms with van der Waals surface area (Å²) in [6.07, 6.45) is 3.65. The van der Waals surface area contributed by atoms with E-state index in [1.807, 2.05) is 37.4 Å². The quantitative estimate of drug-likeness (QED) is 0.885. The van der Waals surface area contributed by atoms with Gasteiger partial charge in [-0.3, -0.25) is 9.78 Å². The molecule has 1 heterocycles. The first-order valence-electron chi connectivity index (χ1n) is 6.45.